The van der Waals surface area contributed by atoms with Gasteiger partial charge in [0, 0.05) is 22.8 Å². The van der Waals surface area contributed by atoms with Crippen LogP contribution in [0.25, 0.3) is 33.7 Å². The molecule has 0 fully saturated rings. The van der Waals surface area contributed by atoms with Gasteiger partial charge in [0.1, 0.15) is 5.65 Å². The maximum absolute atomic E-state index is 6.07. The monoisotopic (exact) mass is 331 g/mol. The van der Waals surface area contributed by atoms with E-state index in [-0.39, 0.29) is 0 Å². The van der Waals surface area contributed by atoms with Gasteiger partial charge in [-0.1, -0.05) is 23.7 Å². The Morgan fingerprint density at radius 1 is 0.875 bits per heavy atom. The van der Waals surface area contributed by atoms with E-state index in [2.05, 4.69) is 13.8 Å². The molecule has 0 aliphatic carbocycles. The van der Waals surface area contributed by atoms with Gasteiger partial charge in [0.25, 0.3) is 5.65 Å². The number of halogens is 1. The molecule has 4 nitrogen and oxygen atoms in total. The van der Waals surface area contributed by atoms with Crippen LogP contribution in [0.5, 0.6) is 0 Å². The highest BCUT2D eigenvalue weighted by Gasteiger charge is 2.22. The molecule has 0 saturated carbocycles. The van der Waals surface area contributed by atoms with Crippen LogP contribution in [0.3, 0.4) is 0 Å². The molecular weight excluding hydrogens is 320 g/mol. The Bertz CT molecular complexity index is 1210. The fraction of sp³-hybridized carbons (Fsp3) is 0. The second-order valence-corrected chi connectivity index (χ2v) is 6.05. The summed E-state index contributed by atoms with van der Waals surface area (Å²) in [4.78, 5) is 9.41. The van der Waals surface area contributed by atoms with Gasteiger partial charge >= 0.3 is 5.65 Å². The summed E-state index contributed by atoms with van der Waals surface area (Å²) in [6.07, 6.45) is 4.04. The van der Waals surface area contributed by atoms with Gasteiger partial charge in [-0.15, -0.1) is 0 Å². The van der Waals surface area contributed by atoms with Crippen molar-refractivity contribution < 1.29 is 4.40 Å². The Morgan fingerprint density at radius 2 is 1.71 bits per heavy atom. The highest BCUT2D eigenvalue weighted by atomic mass is 35.5. The topological polar surface area (TPSA) is 34.3 Å². The predicted molar refractivity (Wildman–Crippen MR) is 94.1 cm³/mol. The number of hydrogen-bond donors (Lipinski definition) is 0. The second kappa shape index (κ2) is 5.01. The molecule has 0 radical (unpaired) electrons. The van der Waals surface area contributed by atoms with Gasteiger partial charge < -0.3 is 0 Å². The van der Waals surface area contributed by atoms with Gasteiger partial charge in [-0.3, -0.25) is 4.40 Å². The summed E-state index contributed by atoms with van der Waals surface area (Å²) < 4.78 is 4.17. The second-order valence-electron chi connectivity index (χ2n) is 5.61. The van der Waals surface area contributed by atoms with E-state index in [1.807, 2.05) is 73.1 Å². The van der Waals surface area contributed by atoms with Crippen molar-refractivity contribution in [2.45, 2.75) is 0 Å². The number of imidazole rings is 1. The highest BCUT2D eigenvalue weighted by Crippen LogP contribution is 2.27. The zero-order valence-electron chi connectivity index (χ0n) is 12.6. The summed E-state index contributed by atoms with van der Waals surface area (Å²) in [5.41, 5.74) is 5.57. The molecule has 0 N–H and O–H groups in total. The van der Waals surface area contributed by atoms with Crippen molar-refractivity contribution in [1.82, 2.24) is 14.4 Å². The molecule has 0 spiro atoms. The third-order valence-electron chi connectivity index (χ3n) is 4.15. The molecule has 0 amide bonds. The Kier molecular flexibility index (Phi) is 2.81. The number of aromatic nitrogens is 4. The van der Waals surface area contributed by atoms with Crippen molar-refractivity contribution in [1.29, 1.82) is 0 Å². The van der Waals surface area contributed by atoms with Crippen LogP contribution in [0, 0.1) is 0 Å². The molecule has 5 heteroatoms. The van der Waals surface area contributed by atoms with Crippen LogP contribution in [0.2, 0.25) is 5.02 Å². The minimum Gasteiger partial charge on any atom is -0.293 e. The van der Waals surface area contributed by atoms with Gasteiger partial charge in [0.05, 0.1) is 6.20 Å². The quantitative estimate of drug-likeness (QED) is 0.436. The van der Waals surface area contributed by atoms with E-state index in [1.54, 1.807) is 0 Å². The van der Waals surface area contributed by atoms with Crippen molar-refractivity contribution in [3.05, 3.63) is 78.1 Å². The molecule has 4 heterocycles. The molecule has 4 aromatic heterocycles. The van der Waals surface area contributed by atoms with Gasteiger partial charge in [-0.2, -0.15) is 9.38 Å². The summed E-state index contributed by atoms with van der Waals surface area (Å²) in [5.74, 6) is 0. The summed E-state index contributed by atoms with van der Waals surface area (Å²) in [7, 11) is 0. The minimum atomic E-state index is 0.719. The van der Waals surface area contributed by atoms with Gasteiger partial charge in [-0.05, 0) is 47.4 Å². The van der Waals surface area contributed by atoms with Crippen molar-refractivity contribution in [3.8, 4) is 11.3 Å². The number of rotatable bonds is 1. The minimum absolute atomic E-state index is 0.719. The van der Waals surface area contributed by atoms with Gasteiger partial charge in [0.15, 0.2) is 11.2 Å². The Morgan fingerprint density at radius 3 is 2.58 bits per heavy atom. The summed E-state index contributed by atoms with van der Waals surface area (Å²) in [5, 5.41) is 0.719. The van der Waals surface area contributed by atoms with E-state index >= 15 is 0 Å². The van der Waals surface area contributed by atoms with E-state index < -0.39 is 0 Å². The predicted octanol–water partition coefficient (Wildman–Crippen LogP) is 3.94. The lowest BCUT2D eigenvalue weighted by molar-refractivity contribution is -0.500. The van der Waals surface area contributed by atoms with Crippen LogP contribution >= 0.6 is 11.6 Å². The van der Waals surface area contributed by atoms with E-state index in [0.717, 1.165) is 38.7 Å². The molecule has 24 heavy (non-hydrogen) atoms. The van der Waals surface area contributed by atoms with Crippen LogP contribution in [0.15, 0.2) is 73.1 Å². The first-order chi connectivity index (χ1) is 11.8. The number of fused-ring (bicyclic) bond motifs is 4. The van der Waals surface area contributed by atoms with Crippen LogP contribution in [-0.2, 0) is 0 Å². The molecule has 5 rings (SSSR count). The third-order valence-corrected chi connectivity index (χ3v) is 4.41. The molecular formula is C19H12ClN4+. The summed E-state index contributed by atoms with van der Waals surface area (Å²) in [6.45, 7) is 0. The fourth-order valence-corrected chi connectivity index (χ4v) is 3.23. The van der Waals surface area contributed by atoms with Gasteiger partial charge in [0.2, 0.25) is 0 Å². The molecule has 114 valence electrons. The molecule has 0 unspecified atom stereocenters. The molecule has 1 aromatic carbocycles. The SMILES string of the molecule is Clc1ccc(-c2c3c(nc4ccccn43)nc3cccc[n+]23)cc1. The van der Waals surface area contributed by atoms with Crippen LogP contribution in [0.1, 0.15) is 0 Å². The fourth-order valence-electron chi connectivity index (χ4n) is 3.10. The normalized spacial score (nSPS) is 11.5. The number of benzene rings is 1. The van der Waals surface area contributed by atoms with Crippen LogP contribution in [0.4, 0.5) is 0 Å². The summed E-state index contributed by atoms with van der Waals surface area (Å²) in [6, 6.07) is 19.8. The zero-order valence-corrected chi connectivity index (χ0v) is 13.4. The van der Waals surface area contributed by atoms with Crippen molar-refractivity contribution in [2.24, 2.45) is 0 Å². The van der Waals surface area contributed by atoms with E-state index in [0.29, 0.717) is 0 Å². The van der Waals surface area contributed by atoms with Gasteiger partial charge in [-0.25, -0.2) is 0 Å². The summed E-state index contributed by atoms with van der Waals surface area (Å²) >= 11 is 6.07. The average molecular weight is 332 g/mol. The number of pyridine rings is 2. The molecule has 0 saturated heterocycles. The number of nitrogens with zero attached hydrogens (tertiary/aromatic N) is 4. The Labute approximate surface area is 142 Å². The number of hydrogen-bond acceptors (Lipinski definition) is 2. The average Bonchev–Trinajstić information content (AvgIpc) is 2.98. The standard InChI is InChI=1S/C19H12ClN4/c20-14-9-7-13(8-10-14)17-18-19(21-15-5-1-3-11-23(15)17)22-16-6-2-4-12-24(16)18/h1-12H/q+1. The van der Waals surface area contributed by atoms with Crippen LogP contribution < -0.4 is 4.40 Å². The molecule has 5 aromatic rings. The molecule has 0 bridgehead atoms. The maximum atomic E-state index is 6.07. The van der Waals surface area contributed by atoms with E-state index in [4.69, 9.17) is 16.6 Å². The first-order valence-corrected chi connectivity index (χ1v) is 8.02. The lowest BCUT2D eigenvalue weighted by atomic mass is 10.1. The first kappa shape index (κ1) is 13.5. The zero-order chi connectivity index (χ0) is 16.1. The Balaban J connectivity index is 2.04. The molecule has 0 aliphatic heterocycles. The third kappa shape index (κ3) is 1.90. The maximum Gasteiger partial charge on any atom is 0.330 e. The largest absolute Gasteiger partial charge is 0.330 e. The lowest BCUT2D eigenvalue weighted by Gasteiger charge is -2.04. The van der Waals surface area contributed by atoms with E-state index in [9.17, 15) is 0 Å². The molecule has 0 aliphatic rings. The first-order valence-electron chi connectivity index (χ1n) is 7.64. The van der Waals surface area contributed by atoms with Crippen molar-refractivity contribution in [3.63, 3.8) is 0 Å². The van der Waals surface area contributed by atoms with Crippen molar-refractivity contribution >= 4 is 34.1 Å². The van der Waals surface area contributed by atoms with E-state index in [1.165, 1.54) is 0 Å². The van der Waals surface area contributed by atoms with Crippen LogP contribution in [-0.4, -0.2) is 14.4 Å². The Hall–Kier alpha value is -2.98. The smallest absolute Gasteiger partial charge is 0.293 e. The highest BCUT2D eigenvalue weighted by molar-refractivity contribution is 6.30. The molecule has 0 atom stereocenters. The van der Waals surface area contributed by atoms with Crippen molar-refractivity contribution in [2.75, 3.05) is 0 Å². The lowest BCUT2D eigenvalue weighted by Crippen LogP contribution is -2.26.